The van der Waals surface area contributed by atoms with E-state index in [1.165, 1.54) is 25.7 Å². The van der Waals surface area contributed by atoms with Crippen LogP contribution in [0, 0.1) is 5.92 Å². The molecule has 1 heterocycles. The molecule has 0 amide bonds. The maximum absolute atomic E-state index is 11.1. The third kappa shape index (κ3) is 3.63. The van der Waals surface area contributed by atoms with Crippen LogP contribution in [0.3, 0.4) is 0 Å². The molecule has 1 atom stereocenters. The van der Waals surface area contributed by atoms with Crippen molar-refractivity contribution in [2.24, 2.45) is 5.92 Å². The van der Waals surface area contributed by atoms with E-state index in [0.29, 0.717) is 11.6 Å². The minimum atomic E-state index is -0.857. The maximum Gasteiger partial charge on any atom is 0.335 e. The summed E-state index contributed by atoms with van der Waals surface area (Å²) in [5.74, 6) is 0.00870. The number of benzene rings is 1. The van der Waals surface area contributed by atoms with Crippen molar-refractivity contribution in [2.45, 2.75) is 38.3 Å². The summed E-state index contributed by atoms with van der Waals surface area (Å²) in [5.41, 5.74) is 1.45. The van der Waals surface area contributed by atoms with E-state index in [9.17, 15) is 4.79 Å². The van der Waals surface area contributed by atoms with E-state index in [4.69, 9.17) is 9.84 Å². The summed E-state index contributed by atoms with van der Waals surface area (Å²) in [5, 5.41) is 9.09. The Morgan fingerprint density at radius 2 is 2.24 bits per heavy atom. The predicted octanol–water partition coefficient (Wildman–Crippen LogP) is 2.78. The van der Waals surface area contributed by atoms with E-state index in [0.717, 1.165) is 37.8 Å². The van der Waals surface area contributed by atoms with Crippen LogP contribution in [0.25, 0.3) is 0 Å². The summed E-state index contributed by atoms with van der Waals surface area (Å²) in [6, 6.07) is 7.77. The van der Waals surface area contributed by atoms with Crippen LogP contribution in [-0.4, -0.2) is 41.8 Å². The summed E-state index contributed by atoms with van der Waals surface area (Å²) in [7, 11) is 0. The highest BCUT2D eigenvalue weighted by Gasteiger charge is 2.28. The Morgan fingerprint density at radius 3 is 2.95 bits per heavy atom. The molecule has 1 saturated heterocycles. The largest absolute Gasteiger partial charge is 0.478 e. The first-order valence-electron chi connectivity index (χ1n) is 7.86. The molecular formula is C17H23NO3. The van der Waals surface area contributed by atoms with Gasteiger partial charge in [0.2, 0.25) is 0 Å². The van der Waals surface area contributed by atoms with Gasteiger partial charge in [-0.3, -0.25) is 4.90 Å². The lowest BCUT2D eigenvalue weighted by Gasteiger charge is -2.39. The highest BCUT2D eigenvalue weighted by molar-refractivity contribution is 5.87. The maximum atomic E-state index is 11.1. The molecule has 4 nitrogen and oxygen atoms in total. The predicted molar refractivity (Wildman–Crippen MR) is 80.4 cm³/mol. The van der Waals surface area contributed by atoms with Gasteiger partial charge in [0.1, 0.15) is 0 Å². The highest BCUT2D eigenvalue weighted by atomic mass is 16.5. The standard InChI is InChI=1S/C17H23NO3/c19-17(20)15-6-2-5-14(9-15)11-18-7-8-21-12-16(18)10-13-3-1-4-13/h2,5-6,9,13,16H,1,3-4,7-8,10-12H2,(H,19,20). The molecule has 2 aliphatic rings. The first kappa shape index (κ1) is 14.5. The number of aromatic carboxylic acids is 1. The van der Waals surface area contributed by atoms with E-state index in [-0.39, 0.29) is 0 Å². The number of hydrogen-bond donors (Lipinski definition) is 1. The molecule has 0 aromatic heterocycles. The Morgan fingerprint density at radius 1 is 1.38 bits per heavy atom. The lowest BCUT2D eigenvalue weighted by atomic mass is 9.80. The van der Waals surface area contributed by atoms with Gasteiger partial charge in [0.05, 0.1) is 18.8 Å². The van der Waals surface area contributed by atoms with Crippen LogP contribution >= 0.6 is 0 Å². The van der Waals surface area contributed by atoms with Gasteiger partial charge < -0.3 is 9.84 Å². The molecule has 1 unspecified atom stereocenters. The average molecular weight is 289 g/mol. The van der Waals surface area contributed by atoms with E-state index in [1.54, 1.807) is 12.1 Å². The van der Waals surface area contributed by atoms with Gasteiger partial charge in [-0.25, -0.2) is 4.79 Å². The van der Waals surface area contributed by atoms with Gasteiger partial charge in [0.15, 0.2) is 0 Å². The number of nitrogens with zero attached hydrogens (tertiary/aromatic N) is 1. The smallest absolute Gasteiger partial charge is 0.335 e. The Labute approximate surface area is 125 Å². The van der Waals surface area contributed by atoms with Crippen molar-refractivity contribution in [3.05, 3.63) is 35.4 Å². The van der Waals surface area contributed by atoms with Crippen LogP contribution in [0.4, 0.5) is 0 Å². The van der Waals surface area contributed by atoms with Crippen LogP contribution in [0.2, 0.25) is 0 Å². The number of rotatable bonds is 5. The number of morpholine rings is 1. The molecular weight excluding hydrogens is 266 g/mol. The summed E-state index contributed by atoms with van der Waals surface area (Å²) < 4.78 is 5.65. The van der Waals surface area contributed by atoms with Gasteiger partial charge in [-0.05, 0) is 30.0 Å². The molecule has 0 bridgehead atoms. The Balaban J connectivity index is 1.65. The second kappa shape index (κ2) is 6.58. The second-order valence-electron chi connectivity index (χ2n) is 6.24. The van der Waals surface area contributed by atoms with Crippen molar-refractivity contribution in [1.29, 1.82) is 0 Å². The molecule has 1 aromatic rings. The third-order valence-corrected chi connectivity index (χ3v) is 4.74. The van der Waals surface area contributed by atoms with Gasteiger partial charge >= 0.3 is 5.97 Å². The average Bonchev–Trinajstić information content (AvgIpc) is 2.45. The lowest BCUT2D eigenvalue weighted by molar-refractivity contribution is -0.0244. The monoisotopic (exact) mass is 289 g/mol. The zero-order valence-corrected chi connectivity index (χ0v) is 12.3. The normalized spacial score (nSPS) is 23.7. The van der Waals surface area contributed by atoms with Crippen molar-refractivity contribution in [3.8, 4) is 0 Å². The van der Waals surface area contributed by atoms with E-state index in [1.807, 2.05) is 12.1 Å². The summed E-state index contributed by atoms with van der Waals surface area (Å²) in [6.45, 7) is 3.35. The quantitative estimate of drug-likeness (QED) is 0.905. The first-order valence-corrected chi connectivity index (χ1v) is 7.86. The van der Waals surface area contributed by atoms with Crippen molar-refractivity contribution in [2.75, 3.05) is 19.8 Å². The number of hydrogen-bond acceptors (Lipinski definition) is 3. The molecule has 114 valence electrons. The van der Waals surface area contributed by atoms with E-state index >= 15 is 0 Å². The minimum absolute atomic E-state index is 0.372. The molecule has 0 radical (unpaired) electrons. The number of ether oxygens (including phenoxy) is 1. The van der Waals surface area contributed by atoms with Crippen molar-refractivity contribution >= 4 is 5.97 Å². The topological polar surface area (TPSA) is 49.8 Å². The zero-order valence-electron chi connectivity index (χ0n) is 12.3. The number of carbonyl (C=O) groups is 1. The Hall–Kier alpha value is -1.39. The lowest BCUT2D eigenvalue weighted by Crippen LogP contribution is -2.46. The fourth-order valence-corrected chi connectivity index (χ4v) is 3.26. The molecule has 21 heavy (non-hydrogen) atoms. The molecule has 1 aliphatic carbocycles. The molecule has 4 heteroatoms. The highest BCUT2D eigenvalue weighted by Crippen LogP contribution is 2.32. The molecule has 1 saturated carbocycles. The summed E-state index contributed by atoms with van der Waals surface area (Å²) in [4.78, 5) is 13.5. The van der Waals surface area contributed by atoms with Crippen LogP contribution in [0.5, 0.6) is 0 Å². The molecule has 1 N–H and O–H groups in total. The van der Waals surface area contributed by atoms with Gasteiger partial charge in [0.25, 0.3) is 0 Å². The van der Waals surface area contributed by atoms with Crippen molar-refractivity contribution in [1.82, 2.24) is 4.90 Å². The van der Waals surface area contributed by atoms with Gasteiger partial charge in [-0.1, -0.05) is 31.4 Å². The summed E-state index contributed by atoms with van der Waals surface area (Å²) in [6.07, 6.45) is 5.31. The fraction of sp³-hybridized carbons (Fsp3) is 0.588. The molecule has 3 rings (SSSR count). The van der Waals surface area contributed by atoms with Crippen LogP contribution in [-0.2, 0) is 11.3 Å². The zero-order chi connectivity index (χ0) is 14.7. The molecule has 1 aromatic carbocycles. The fourth-order valence-electron chi connectivity index (χ4n) is 3.26. The second-order valence-corrected chi connectivity index (χ2v) is 6.24. The van der Waals surface area contributed by atoms with Crippen LogP contribution in [0.1, 0.15) is 41.6 Å². The number of carboxylic acid groups (broad SMARTS) is 1. The van der Waals surface area contributed by atoms with Gasteiger partial charge in [-0.2, -0.15) is 0 Å². The SMILES string of the molecule is O=C(O)c1cccc(CN2CCOCC2CC2CCC2)c1. The first-order chi connectivity index (χ1) is 10.2. The van der Waals surface area contributed by atoms with Crippen LogP contribution < -0.4 is 0 Å². The van der Waals surface area contributed by atoms with Gasteiger partial charge in [0, 0.05) is 19.1 Å². The molecule has 0 spiro atoms. The molecule has 1 aliphatic heterocycles. The number of carboxylic acids is 1. The van der Waals surface area contributed by atoms with Crippen LogP contribution in [0.15, 0.2) is 24.3 Å². The third-order valence-electron chi connectivity index (χ3n) is 4.74. The van der Waals surface area contributed by atoms with Gasteiger partial charge in [-0.15, -0.1) is 0 Å². The minimum Gasteiger partial charge on any atom is -0.478 e. The van der Waals surface area contributed by atoms with E-state index in [2.05, 4.69) is 4.90 Å². The van der Waals surface area contributed by atoms with E-state index < -0.39 is 5.97 Å². The molecule has 2 fully saturated rings. The summed E-state index contributed by atoms with van der Waals surface area (Å²) >= 11 is 0. The Kier molecular flexibility index (Phi) is 4.56. The Bertz CT molecular complexity index is 499. The van der Waals surface area contributed by atoms with Crippen molar-refractivity contribution in [3.63, 3.8) is 0 Å². The van der Waals surface area contributed by atoms with Crippen molar-refractivity contribution < 1.29 is 14.6 Å².